The molecule has 1 aromatic heterocycles. The number of benzene rings is 2. The van der Waals surface area contributed by atoms with E-state index in [0.29, 0.717) is 26.2 Å². The van der Waals surface area contributed by atoms with Gasteiger partial charge >= 0.3 is 31.1 Å². The number of carbonyl (C=O) groups excluding carboxylic acids is 1. The van der Waals surface area contributed by atoms with E-state index < -0.39 is 6.17 Å². The first-order chi connectivity index (χ1) is 19.5. The predicted molar refractivity (Wildman–Crippen MR) is 156 cm³/mol. The monoisotopic (exact) mass is 782 g/mol. The second-order valence-corrected chi connectivity index (χ2v) is 10.5. The number of piperazine rings is 1. The standard InChI is InChI=1S/C24H24N5O2.C7H13FN.U/c1-2-23(31)27-9-11-28(12-10-27)24-20-7-8-29(15-21(20)25-16-26-24)22-14-18(30)13-17-5-3-4-6-19(17)22;1-2-9-5-3-4-7(8)6-9;/h2-6,13-14,30H,1,7-12,15H2;7H,1-6H2;/q2*-1;+2/t;7-;/m.1./s1. The van der Waals surface area contributed by atoms with Crippen LogP contribution in [0.5, 0.6) is 5.75 Å². The van der Waals surface area contributed by atoms with Crippen LogP contribution in [0.4, 0.5) is 15.9 Å². The summed E-state index contributed by atoms with van der Waals surface area (Å²) in [6.07, 6.45) is 6.17. The third-order valence-electron chi connectivity index (χ3n) is 7.93. The first-order valence-corrected chi connectivity index (χ1v) is 14.0. The van der Waals surface area contributed by atoms with Gasteiger partial charge in [-0.05, 0) is 49.0 Å². The summed E-state index contributed by atoms with van der Waals surface area (Å²) in [5.41, 5.74) is 3.13. The fourth-order valence-corrected chi connectivity index (χ4v) is 5.76. The van der Waals surface area contributed by atoms with Crippen molar-refractivity contribution in [2.45, 2.75) is 32.0 Å². The van der Waals surface area contributed by atoms with Crippen molar-refractivity contribution < 1.29 is 45.4 Å². The van der Waals surface area contributed by atoms with Crippen LogP contribution in [0.3, 0.4) is 0 Å². The van der Waals surface area contributed by atoms with Crippen LogP contribution < -0.4 is 9.80 Å². The number of aromatic hydroxyl groups is 1. The second kappa shape index (κ2) is 14.5. The summed E-state index contributed by atoms with van der Waals surface area (Å²) in [5.74, 6) is 1.17. The maximum Gasteiger partial charge on any atom is 2.00 e. The summed E-state index contributed by atoms with van der Waals surface area (Å²) in [6, 6.07) is 11.7. The third kappa shape index (κ3) is 7.40. The number of halogens is 1. The Bertz CT molecular complexity index is 1350. The van der Waals surface area contributed by atoms with Crippen molar-refractivity contribution in [2.24, 2.45) is 0 Å². The molecule has 214 valence electrons. The molecule has 0 bridgehead atoms. The molecule has 3 aliphatic heterocycles. The first kappa shape index (κ1) is 31.3. The Morgan fingerprint density at radius 3 is 2.61 bits per heavy atom. The topological polar surface area (TPSA) is 76.0 Å². The maximum atomic E-state index is 12.6. The molecular formula is C31H37FN6O2U. The minimum absolute atomic E-state index is 0. The molecule has 0 spiro atoms. The van der Waals surface area contributed by atoms with Crippen molar-refractivity contribution in [3.8, 4) is 5.75 Å². The Labute approximate surface area is 265 Å². The van der Waals surface area contributed by atoms with Gasteiger partial charge in [0.2, 0.25) is 5.91 Å². The molecule has 1 atom stereocenters. The van der Waals surface area contributed by atoms with E-state index in [4.69, 9.17) is 0 Å². The second-order valence-electron chi connectivity index (χ2n) is 10.5. The number of phenolic OH excluding ortho intramolecular Hbond substituents is 1. The normalized spacial score (nSPS) is 19.1. The fraction of sp³-hybridized carbons (Fsp3) is 0.419. The number of likely N-dealkylation sites (tertiary alicyclic amines) is 1. The number of fused-ring (bicyclic) bond motifs is 2. The van der Waals surface area contributed by atoms with Gasteiger partial charge in [0.15, 0.2) is 0 Å². The average Bonchev–Trinajstić information content (AvgIpc) is 3.00. The molecule has 4 heterocycles. The molecule has 1 N–H and O–H groups in total. The molecule has 10 heteroatoms. The van der Waals surface area contributed by atoms with Gasteiger partial charge < -0.3 is 41.6 Å². The van der Waals surface area contributed by atoms with Gasteiger partial charge in [-0.15, -0.1) is 6.54 Å². The molecule has 0 unspecified atom stereocenters. The van der Waals surface area contributed by atoms with Crippen molar-refractivity contribution in [1.82, 2.24) is 19.8 Å². The van der Waals surface area contributed by atoms with E-state index in [0.717, 1.165) is 85.5 Å². The Morgan fingerprint density at radius 2 is 1.90 bits per heavy atom. The van der Waals surface area contributed by atoms with E-state index in [2.05, 4.69) is 45.7 Å². The minimum atomic E-state index is -0.597. The molecule has 6 rings (SSSR count). The van der Waals surface area contributed by atoms with Crippen molar-refractivity contribution in [1.29, 1.82) is 0 Å². The number of aromatic nitrogens is 2. The Hall–Kier alpha value is -2.67. The zero-order valence-electron chi connectivity index (χ0n) is 23.4. The van der Waals surface area contributed by atoms with E-state index in [1.54, 1.807) is 6.07 Å². The van der Waals surface area contributed by atoms with Gasteiger partial charge in [-0.1, -0.05) is 36.4 Å². The van der Waals surface area contributed by atoms with Crippen LogP contribution in [-0.2, 0) is 17.8 Å². The van der Waals surface area contributed by atoms with Crippen molar-refractivity contribution in [2.75, 3.05) is 62.2 Å². The van der Waals surface area contributed by atoms with E-state index in [1.807, 2.05) is 34.1 Å². The summed E-state index contributed by atoms with van der Waals surface area (Å²) in [7, 11) is 0. The quantitative estimate of drug-likeness (QED) is 0.319. The average molecular weight is 783 g/mol. The molecule has 3 aliphatic rings. The van der Waals surface area contributed by atoms with E-state index in [1.165, 1.54) is 6.08 Å². The van der Waals surface area contributed by atoms with E-state index in [9.17, 15) is 14.3 Å². The van der Waals surface area contributed by atoms with Crippen LogP contribution in [-0.4, -0.2) is 89.3 Å². The van der Waals surface area contributed by atoms with Gasteiger partial charge in [-0.2, -0.15) is 0 Å². The molecule has 2 aromatic carbocycles. The van der Waals surface area contributed by atoms with Gasteiger partial charge in [-0.3, -0.25) is 4.79 Å². The number of hydrogen-bond donors (Lipinski definition) is 1. The molecule has 2 fully saturated rings. The van der Waals surface area contributed by atoms with Crippen molar-refractivity contribution in [3.63, 3.8) is 0 Å². The number of anilines is 2. The van der Waals surface area contributed by atoms with E-state index >= 15 is 0 Å². The Morgan fingerprint density at radius 1 is 1.12 bits per heavy atom. The zero-order chi connectivity index (χ0) is 28.1. The SMILES string of the molecule is C=CC(=O)N1CCN(c2n[c-]nc3c2CCN(c2cc(O)cc4ccccc24)C3)CC1.[CH2-]CN1CCC[C@@H](F)C1.[U+2]. The van der Waals surface area contributed by atoms with Gasteiger partial charge in [-0.25, -0.2) is 4.39 Å². The molecule has 3 aromatic rings. The molecule has 2 saturated heterocycles. The number of hydrogen-bond acceptors (Lipinski definition) is 7. The van der Waals surface area contributed by atoms with Crippen LogP contribution in [0.25, 0.3) is 10.8 Å². The molecular weight excluding hydrogens is 745 g/mol. The number of amides is 1. The number of rotatable bonds is 4. The number of piperidine rings is 1. The van der Waals surface area contributed by atoms with Gasteiger partial charge in [0, 0.05) is 75.1 Å². The number of carbonyl (C=O) groups is 1. The molecule has 8 nitrogen and oxygen atoms in total. The Balaban J connectivity index is 0.000000333. The van der Waals surface area contributed by atoms with Gasteiger partial charge in [0.1, 0.15) is 11.9 Å². The maximum absolute atomic E-state index is 12.6. The summed E-state index contributed by atoms with van der Waals surface area (Å²) < 4.78 is 12.6. The smallest absolute Gasteiger partial charge is 0.508 e. The summed E-state index contributed by atoms with van der Waals surface area (Å²) in [5, 5.41) is 12.4. The van der Waals surface area contributed by atoms with Crippen LogP contribution >= 0.6 is 0 Å². The number of nitrogens with zero attached hydrogens (tertiary/aromatic N) is 6. The molecule has 41 heavy (non-hydrogen) atoms. The Kier molecular flexibility index (Phi) is 11.0. The van der Waals surface area contributed by atoms with Crippen LogP contribution in [0.1, 0.15) is 24.1 Å². The van der Waals surface area contributed by atoms with Crippen molar-refractivity contribution >= 4 is 28.2 Å². The predicted octanol–water partition coefficient (Wildman–Crippen LogP) is 3.79. The molecule has 1 amide bonds. The van der Waals surface area contributed by atoms with Crippen LogP contribution in [0.2, 0.25) is 0 Å². The van der Waals surface area contributed by atoms with Crippen LogP contribution in [0.15, 0.2) is 49.1 Å². The van der Waals surface area contributed by atoms with Crippen molar-refractivity contribution in [3.05, 3.63) is 73.6 Å². The molecule has 0 aliphatic carbocycles. The fourth-order valence-electron chi connectivity index (χ4n) is 5.76. The number of phenols is 1. The summed E-state index contributed by atoms with van der Waals surface area (Å²) >= 11 is 0. The molecule has 0 radical (unpaired) electrons. The third-order valence-corrected chi connectivity index (χ3v) is 7.93. The van der Waals surface area contributed by atoms with Gasteiger partial charge in [0.25, 0.3) is 0 Å². The van der Waals surface area contributed by atoms with Crippen LogP contribution in [0, 0.1) is 44.4 Å². The summed E-state index contributed by atoms with van der Waals surface area (Å²) in [4.78, 5) is 29.2. The van der Waals surface area contributed by atoms with E-state index in [-0.39, 0.29) is 42.8 Å². The first-order valence-electron chi connectivity index (χ1n) is 14.0. The minimum Gasteiger partial charge on any atom is -0.508 e. The summed E-state index contributed by atoms with van der Waals surface area (Å²) in [6.45, 7) is 13.9. The van der Waals surface area contributed by atoms with Gasteiger partial charge in [0.05, 0.1) is 0 Å². The number of alkyl halides is 1. The molecule has 0 saturated carbocycles. The largest absolute Gasteiger partial charge is 2.00 e. The zero-order valence-corrected chi connectivity index (χ0v) is 27.6.